The number of carbonyl (C=O) groups excluding carboxylic acids is 2. The smallest absolute Gasteiger partial charge is 0.233 e. The molecule has 0 unspecified atom stereocenters. The number of nitrogens with one attached hydrogen (secondary N) is 2. The van der Waals surface area contributed by atoms with Crippen LogP contribution in [0.3, 0.4) is 0 Å². The molecule has 0 aliphatic carbocycles. The van der Waals surface area contributed by atoms with Gasteiger partial charge in [0.1, 0.15) is 0 Å². The summed E-state index contributed by atoms with van der Waals surface area (Å²) in [5.41, 5.74) is 0. The fourth-order valence-corrected chi connectivity index (χ4v) is 6.85. The molecule has 1 aromatic rings. The predicted molar refractivity (Wildman–Crippen MR) is 104 cm³/mol. The summed E-state index contributed by atoms with van der Waals surface area (Å²) in [6.07, 6.45) is 1.36. The number of thioether (sulfide) groups is 2. The van der Waals surface area contributed by atoms with Crippen molar-refractivity contribution in [3.05, 3.63) is 0 Å². The number of hydrogen-bond donors (Lipinski definition) is 2. The van der Waals surface area contributed by atoms with Crippen LogP contribution in [0.5, 0.6) is 0 Å². The van der Waals surface area contributed by atoms with E-state index in [0.717, 1.165) is 6.42 Å². The second-order valence-electron chi connectivity index (χ2n) is 5.84. The van der Waals surface area contributed by atoms with Crippen molar-refractivity contribution in [3.8, 4) is 0 Å². The summed E-state index contributed by atoms with van der Waals surface area (Å²) in [6.45, 7) is 4.39. The highest BCUT2D eigenvalue weighted by molar-refractivity contribution is 8.04. The predicted octanol–water partition coefficient (Wildman–Crippen LogP) is 0.940. The maximum atomic E-state index is 12.2. The molecule has 1 aliphatic rings. The third kappa shape index (κ3) is 7.05. The molecular weight excluding hydrogens is 416 g/mol. The monoisotopic (exact) mass is 438 g/mol. The first kappa shape index (κ1) is 21.5. The topological polar surface area (TPSA) is 118 Å². The molecule has 0 radical (unpaired) electrons. The highest BCUT2D eigenvalue weighted by atomic mass is 32.2. The lowest BCUT2D eigenvalue weighted by Crippen LogP contribution is -2.39. The van der Waals surface area contributed by atoms with Crippen LogP contribution in [0.4, 0.5) is 0 Å². The normalized spacial score (nSPS) is 19.8. The van der Waals surface area contributed by atoms with Crippen molar-refractivity contribution in [3.63, 3.8) is 0 Å². The van der Waals surface area contributed by atoms with E-state index in [4.69, 9.17) is 0 Å². The van der Waals surface area contributed by atoms with Crippen molar-refractivity contribution in [2.75, 3.05) is 23.8 Å². The summed E-state index contributed by atoms with van der Waals surface area (Å²) in [5.74, 6) is 0.171. The Bertz CT molecular complexity index is 737. The van der Waals surface area contributed by atoms with E-state index in [-0.39, 0.29) is 35.1 Å². The van der Waals surface area contributed by atoms with Crippen LogP contribution in [0.25, 0.3) is 0 Å². The third-order valence-corrected chi connectivity index (χ3v) is 8.52. The Hall–Kier alpha value is -0.850. The number of amides is 2. The lowest BCUT2D eigenvalue weighted by Gasteiger charge is -2.14. The standard InChI is InChI=1S/C14H22N4O4S4/c1-3-5-15-11(19)7-23-13-17-18-14(25-13)24-9(2)12(20)16-10-4-6-26(21,22)8-10/h9-10H,3-8H2,1-2H3,(H,15,19)(H,16,20)/t9-,10+/m0/s1. The van der Waals surface area contributed by atoms with Gasteiger partial charge in [-0.3, -0.25) is 9.59 Å². The molecule has 26 heavy (non-hydrogen) atoms. The van der Waals surface area contributed by atoms with Crippen LogP contribution in [0.2, 0.25) is 0 Å². The van der Waals surface area contributed by atoms with Crippen molar-refractivity contribution in [2.24, 2.45) is 0 Å². The molecule has 2 amide bonds. The molecule has 2 N–H and O–H groups in total. The van der Waals surface area contributed by atoms with Gasteiger partial charge in [-0.15, -0.1) is 10.2 Å². The second kappa shape index (κ2) is 9.90. The van der Waals surface area contributed by atoms with Gasteiger partial charge < -0.3 is 10.6 Å². The fourth-order valence-electron chi connectivity index (χ4n) is 2.18. The molecule has 1 aliphatic heterocycles. The van der Waals surface area contributed by atoms with Gasteiger partial charge in [0.2, 0.25) is 11.8 Å². The van der Waals surface area contributed by atoms with Crippen LogP contribution in [0.1, 0.15) is 26.7 Å². The first-order chi connectivity index (χ1) is 12.3. The number of rotatable bonds is 9. The Morgan fingerprint density at radius 1 is 1.35 bits per heavy atom. The quantitative estimate of drug-likeness (QED) is 0.547. The zero-order valence-corrected chi connectivity index (χ0v) is 17.8. The fraction of sp³-hybridized carbons (Fsp3) is 0.714. The lowest BCUT2D eigenvalue weighted by atomic mass is 10.2. The molecule has 0 saturated carbocycles. The van der Waals surface area contributed by atoms with Crippen LogP contribution >= 0.6 is 34.9 Å². The Balaban J connectivity index is 1.76. The Kier molecular flexibility index (Phi) is 8.17. The van der Waals surface area contributed by atoms with Crippen molar-refractivity contribution < 1.29 is 18.0 Å². The van der Waals surface area contributed by atoms with Gasteiger partial charge in [-0.05, 0) is 19.8 Å². The number of carbonyl (C=O) groups is 2. The molecule has 1 aromatic heterocycles. The molecule has 1 fully saturated rings. The molecule has 0 spiro atoms. The number of hydrogen-bond acceptors (Lipinski definition) is 9. The van der Waals surface area contributed by atoms with E-state index < -0.39 is 15.1 Å². The summed E-state index contributed by atoms with van der Waals surface area (Å²) in [5, 5.41) is 13.2. The summed E-state index contributed by atoms with van der Waals surface area (Å²) < 4.78 is 24.2. The van der Waals surface area contributed by atoms with Crippen LogP contribution in [-0.2, 0) is 19.4 Å². The highest BCUT2D eigenvalue weighted by Gasteiger charge is 2.30. The van der Waals surface area contributed by atoms with E-state index in [1.165, 1.54) is 34.9 Å². The van der Waals surface area contributed by atoms with Crippen LogP contribution in [0.15, 0.2) is 8.68 Å². The number of aromatic nitrogens is 2. The van der Waals surface area contributed by atoms with Gasteiger partial charge in [0, 0.05) is 12.6 Å². The molecule has 12 heteroatoms. The molecule has 2 rings (SSSR count). The van der Waals surface area contributed by atoms with Crippen molar-refractivity contribution in [1.29, 1.82) is 0 Å². The van der Waals surface area contributed by atoms with Gasteiger partial charge >= 0.3 is 0 Å². The number of nitrogens with zero attached hydrogens (tertiary/aromatic N) is 2. The number of sulfone groups is 1. The SMILES string of the molecule is CCCNC(=O)CSc1nnc(S[C@@H](C)C(=O)N[C@@H]2CCS(=O)(=O)C2)s1. The summed E-state index contributed by atoms with van der Waals surface area (Å²) in [6, 6.07) is -0.308. The third-order valence-electron chi connectivity index (χ3n) is 3.51. The molecule has 0 aromatic carbocycles. The molecule has 2 atom stereocenters. The molecule has 146 valence electrons. The average Bonchev–Trinajstić information content (AvgIpc) is 3.16. The van der Waals surface area contributed by atoms with Gasteiger partial charge in [0.15, 0.2) is 18.5 Å². The van der Waals surface area contributed by atoms with Crippen LogP contribution in [-0.4, -0.2) is 65.5 Å². The molecule has 8 nitrogen and oxygen atoms in total. The van der Waals surface area contributed by atoms with E-state index in [0.29, 0.717) is 21.6 Å². The zero-order valence-electron chi connectivity index (χ0n) is 14.6. The van der Waals surface area contributed by atoms with Crippen molar-refractivity contribution in [1.82, 2.24) is 20.8 Å². The maximum Gasteiger partial charge on any atom is 0.233 e. The maximum absolute atomic E-state index is 12.2. The first-order valence-corrected chi connectivity index (χ1v) is 12.7. The largest absolute Gasteiger partial charge is 0.355 e. The van der Waals surface area contributed by atoms with E-state index in [1.807, 2.05) is 6.92 Å². The minimum absolute atomic E-state index is 0.00974. The minimum atomic E-state index is -3.02. The zero-order chi connectivity index (χ0) is 19.2. The Morgan fingerprint density at radius 2 is 2.08 bits per heavy atom. The first-order valence-electron chi connectivity index (χ1n) is 8.19. The van der Waals surface area contributed by atoms with Gasteiger partial charge in [0.25, 0.3) is 0 Å². The van der Waals surface area contributed by atoms with Crippen LogP contribution in [0, 0.1) is 0 Å². The highest BCUT2D eigenvalue weighted by Crippen LogP contribution is 2.31. The van der Waals surface area contributed by atoms with Gasteiger partial charge in [0.05, 0.1) is 22.5 Å². The van der Waals surface area contributed by atoms with E-state index in [1.54, 1.807) is 6.92 Å². The Morgan fingerprint density at radius 3 is 2.73 bits per heavy atom. The van der Waals surface area contributed by atoms with Gasteiger partial charge in [-0.25, -0.2) is 8.42 Å². The van der Waals surface area contributed by atoms with E-state index >= 15 is 0 Å². The lowest BCUT2D eigenvalue weighted by molar-refractivity contribution is -0.121. The van der Waals surface area contributed by atoms with Crippen molar-refractivity contribution >= 4 is 56.5 Å². The molecule has 1 saturated heterocycles. The average molecular weight is 439 g/mol. The second-order valence-corrected chi connectivity index (χ2v) is 11.9. The summed E-state index contributed by atoms with van der Waals surface area (Å²) in [4.78, 5) is 23.8. The molecule has 0 bridgehead atoms. The van der Waals surface area contributed by atoms with Gasteiger partial charge in [-0.1, -0.05) is 41.8 Å². The van der Waals surface area contributed by atoms with E-state index in [2.05, 4.69) is 20.8 Å². The molecular formula is C14H22N4O4S4. The minimum Gasteiger partial charge on any atom is -0.355 e. The Labute approximate surface area is 165 Å². The summed E-state index contributed by atoms with van der Waals surface area (Å²) in [7, 11) is -3.02. The van der Waals surface area contributed by atoms with Crippen LogP contribution < -0.4 is 10.6 Å². The van der Waals surface area contributed by atoms with Gasteiger partial charge in [-0.2, -0.15) is 0 Å². The summed E-state index contributed by atoms with van der Waals surface area (Å²) >= 11 is 3.92. The molecule has 2 heterocycles. The van der Waals surface area contributed by atoms with E-state index in [9.17, 15) is 18.0 Å². The van der Waals surface area contributed by atoms with Crippen molar-refractivity contribution in [2.45, 2.75) is 46.7 Å².